The van der Waals surface area contributed by atoms with Crippen LogP contribution in [0.25, 0.3) is 0 Å². The van der Waals surface area contributed by atoms with Crippen LogP contribution in [0, 0.1) is 0 Å². The first-order chi connectivity index (χ1) is 8.28. The van der Waals surface area contributed by atoms with E-state index in [0.29, 0.717) is 12.2 Å². The minimum atomic E-state index is 0.00894. The lowest BCUT2D eigenvalue weighted by Gasteiger charge is -2.07. The molecular formula is C12H19N3O2. The van der Waals surface area contributed by atoms with E-state index in [-0.39, 0.29) is 12.0 Å². The van der Waals surface area contributed by atoms with Gasteiger partial charge in [0.15, 0.2) is 5.82 Å². The highest BCUT2D eigenvalue weighted by molar-refractivity contribution is 5.89. The molecule has 0 bridgehead atoms. The van der Waals surface area contributed by atoms with Crippen LogP contribution >= 0.6 is 0 Å². The van der Waals surface area contributed by atoms with Gasteiger partial charge in [0.25, 0.3) is 0 Å². The summed E-state index contributed by atoms with van der Waals surface area (Å²) in [5, 5.41) is 9.67. The SMILES string of the molecule is CCc1cc(NC(=O)CCC2CCCO2)n[nH]1. The first kappa shape index (κ1) is 12.1. The maximum Gasteiger partial charge on any atom is 0.225 e. The van der Waals surface area contributed by atoms with E-state index in [1.54, 1.807) is 0 Å². The summed E-state index contributed by atoms with van der Waals surface area (Å²) in [5.74, 6) is 0.619. The van der Waals surface area contributed by atoms with E-state index in [1.807, 2.05) is 13.0 Å². The molecule has 5 heteroatoms. The Labute approximate surface area is 101 Å². The lowest BCUT2D eigenvalue weighted by atomic mass is 10.1. The van der Waals surface area contributed by atoms with Gasteiger partial charge in [-0.15, -0.1) is 0 Å². The lowest BCUT2D eigenvalue weighted by molar-refractivity contribution is -0.116. The molecule has 2 heterocycles. The molecule has 1 atom stereocenters. The van der Waals surface area contributed by atoms with Crippen molar-refractivity contribution in [3.05, 3.63) is 11.8 Å². The Balaban J connectivity index is 1.72. The van der Waals surface area contributed by atoms with Crippen LogP contribution in [0.2, 0.25) is 0 Å². The molecule has 1 aliphatic rings. The Bertz CT molecular complexity index is 370. The predicted molar refractivity (Wildman–Crippen MR) is 64.8 cm³/mol. The fourth-order valence-corrected chi connectivity index (χ4v) is 1.98. The summed E-state index contributed by atoms with van der Waals surface area (Å²) in [6, 6.07) is 1.87. The number of anilines is 1. The molecule has 1 fully saturated rings. The summed E-state index contributed by atoms with van der Waals surface area (Å²) < 4.78 is 5.47. The normalized spacial score (nSPS) is 19.5. The van der Waals surface area contributed by atoms with Gasteiger partial charge >= 0.3 is 0 Å². The van der Waals surface area contributed by atoms with Crippen LogP contribution in [0.5, 0.6) is 0 Å². The number of nitrogens with zero attached hydrogens (tertiary/aromatic N) is 1. The lowest BCUT2D eigenvalue weighted by Crippen LogP contribution is -2.15. The fourth-order valence-electron chi connectivity index (χ4n) is 1.98. The van der Waals surface area contributed by atoms with Crippen molar-refractivity contribution in [2.75, 3.05) is 11.9 Å². The number of nitrogens with one attached hydrogen (secondary N) is 2. The third-order valence-corrected chi connectivity index (χ3v) is 3.00. The maximum absolute atomic E-state index is 11.6. The number of carbonyl (C=O) groups is 1. The topological polar surface area (TPSA) is 67.0 Å². The first-order valence-electron chi connectivity index (χ1n) is 6.23. The Morgan fingerprint density at radius 2 is 2.59 bits per heavy atom. The van der Waals surface area contributed by atoms with Crippen LogP contribution in [0.3, 0.4) is 0 Å². The maximum atomic E-state index is 11.6. The molecule has 1 aromatic heterocycles. The van der Waals surface area contributed by atoms with E-state index in [1.165, 1.54) is 0 Å². The molecule has 17 heavy (non-hydrogen) atoms. The number of aromatic nitrogens is 2. The van der Waals surface area contributed by atoms with Gasteiger partial charge in [-0.2, -0.15) is 5.10 Å². The zero-order valence-corrected chi connectivity index (χ0v) is 10.2. The molecule has 0 radical (unpaired) electrons. The molecule has 1 aromatic rings. The number of ether oxygens (including phenoxy) is 1. The van der Waals surface area contributed by atoms with Gasteiger partial charge in [0.05, 0.1) is 6.10 Å². The molecule has 0 spiro atoms. The number of rotatable bonds is 5. The van der Waals surface area contributed by atoms with Crippen LogP contribution in [0.1, 0.15) is 38.3 Å². The van der Waals surface area contributed by atoms with Crippen molar-refractivity contribution in [3.63, 3.8) is 0 Å². The molecule has 1 aliphatic heterocycles. The molecule has 0 aliphatic carbocycles. The highest BCUT2D eigenvalue weighted by Crippen LogP contribution is 2.17. The van der Waals surface area contributed by atoms with Crippen molar-refractivity contribution < 1.29 is 9.53 Å². The molecular weight excluding hydrogens is 218 g/mol. The number of aryl methyl sites for hydroxylation is 1. The van der Waals surface area contributed by atoms with Crippen molar-refractivity contribution in [2.24, 2.45) is 0 Å². The molecule has 1 amide bonds. The summed E-state index contributed by atoms with van der Waals surface area (Å²) in [7, 11) is 0. The van der Waals surface area contributed by atoms with Crippen molar-refractivity contribution >= 4 is 11.7 Å². The quantitative estimate of drug-likeness (QED) is 0.821. The Kier molecular flexibility index (Phi) is 4.14. The third kappa shape index (κ3) is 3.56. The van der Waals surface area contributed by atoms with E-state index in [0.717, 1.165) is 38.0 Å². The number of aromatic amines is 1. The van der Waals surface area contributed by atoms with E-state index < -0.39 is 0 Å². The number of H-pyrrole nitrogens is 1. The van der Waals surface area contributed by atoms with Gasteiger partial charge in [-0.3, -0.25) is 9.89 Å². The number of amides is 1. The van der Waals surface area contributed by atoms with Crippen molar-refractivity contribution in [1.82, 2.24) is 10.2 Å². The highest BCUT2D eigenvalue weighted by atomic mass is 16.5. The standard InChI is InChI=1S/C12H19N3O2/c1-2-9-8-11(15-14-9)13-12(16)6-5-10-4-3-7-17-10/h8,10H,2-7H2,1H3,(H2,13,14,15,16). The predicted octanol–water partition coefficient (Wildman–Crippen LogP) is 1.87. The van der Waals surface area contributed by atoms with Crippen molar-refractivity contribution in [3.8, 4) is 0 Å². The largest absolute Gasteiger partial charge is 0.378 e. The summed E-state index contributed by atoms with van der Waals surface area (Å²) in [5.41, 5.74) is 1.03. The second-order valence-corrected chi connectivity index (χ2v) is 4.35. The molecule has 2 rings (SSSR count). The Hall–Kier alpha value is -1.36. The molecule has 94 valence electrons. The van der Waals surface area contributed by atoms with Crippen LogP contribution < -0.4 is 5.32 Å². The number of hydrogen-bond donors (Lipinski definition) is 2. The zero-order valence-electron chi connectivity index (χ0n) is 10.2. The van der Waals surface area contributed by atoms with Gasteiger partial charge in [0.1, 0.15) is 0 Å². The molecule has 1 unspecified atom stereocenters. The monoisotopic (exact) mass is 237 g/mol. The first-order valence-corrected chi connectivity index (χ1v) is 6.23. The molecule has 0 saturated carbocycles. The van der Waals surface area contributed by atoms with Crippen LogP contribution in [-0.4, -0.2) is 28.8 Å². The second-order valence-electron chi connectivity index (χ2n) is 4.35. The van der Waals surface area contributed by atoms with Gasteiger partial charge in [0, 0.05) is 24.8 Å². The van der Waals surface area contributed by atoms with E-state index in [2.05, 4.69) is 15.5 Å². The van der Waals surface area contributed by atoms with E-state index in [9.17, 15) is 4.79 Å². The highest BCUT2D eigenvalue weighted by Gasteiger charge is 2.16. The van der Waals surface area contributed by atoms with Crippen LogP contribution in [0.15, 0.2) is 6.07 Å². The van der Waals surface area contributed by atoms with Gasteiger partial charge in [-0.1, -0.05) is 6.92 Å². The Morgan fingerprint density at radius 3 is 3.24 bits per heavy atom. The second kappa shape index (κ2) is 5.82. The Morgan fingerprint density at radius 1 is 1.71 bits per heavy atom. The van der Waals surface area contributed by atoms with Crippen molar-refractivity contribution in [2.45, 2.75) is 45.1 Å². The van der Waals surface area contributed by atoms with Crippen LogP contribution in [-0.2, 0) is 16.0 Å². The average Bonchev–Trinajstić information content (AvgIpc) is 2.97. The van der Waals surface area contributed by atoms with Gasteiger partial charge < -0.3 is 10.1 Å². The van der Waals surface area contributed by atoms with Crippen LogP contribution in [0.4, 0.5) is 5.82 Å². The summed E-state index contributed by atoms with van der Waals surface area (Å²) in [6.45, 7) is 2.88. The fraction of sp³-hybridized carbons (Fsp3) is 0.667. The van der Waals surface area contributed by atoms with Crippen molar-refractivity contribution in [1.29, 1.82) is 0 Å². The number of hydrogen-bond acceptors (Lipinski definition) is 3. The molecule has 2 N–H and O–H groups in total. The summed E-state index contributed by atoms with van der Waals surface area (Å²) in [4.78, 5) is 11.6. The zero-order chi connectivity index (χ0) is 12.1. The average molecular weight is 237 g/mol. The minimum Gasteiger partial charge on any atom is -0.378 e. The molecule has 0 aromatic carbocycles. The summed E-state index contributed by atoms with van der Waals surface area (Å²) >= 11 is 0. The van der Waals surface area contributed by atoms with E-state index >= 15 is 0 Å². The van der Waals surface area contributed by atoms with E-state index in [4.69, 9.17) is 4.74 Å². The minimum absolute atomic E-state index is 0.00894. The molecule has 1 saturated heterocycles. The smallest absolute Gasteiger partial charge is 0.225 e. The number of carbonyl (C=O) groups excluding carboxylic acids is 1. The summed E-state index contributed by atoms with van der Waals surface area (Å²) in [6.07, 6.45) is 4.65. The molecule has 5 nitrogen and oxygen atoms in total. The van der Waals surface area contributed by atoms with Gasteiger partial charge in [-0.25, -0.2) is 0 Å². The third-order valence-electron chi connectivity index (χ3n) is 3.00. The van der Waals surface area contributed by atoms with Gasteiger partial charge in [0.2, 0.25) is 5.91 Å². The van der Waals surface area contributed by atoms with Gasteiger partial charge in [-0.05, 0) is 25.7 Å².